The fraction of sp³-hybridized carbons (Fsp3) is 0.333. The predicted molar refractivity (Wildman–Crippen MR) is 73.6 cm³/mol. The summed E-state index contributed by atoms with van der Waals surface area (Å²) in [6.45, 7) is 1.96. The number of rotatable bonds is 5. The van der Waals surface area contributed by atoms with Gasteiger partial charge in [0.25, 0.3) is 0 Å². The van der Waals surface area contributed by atoms with Crippen LogP contribution in [-0.4, -0.2) is 16.8 Å². The van der Waals surface area contributed by atoms with Crippen LogP contribution in [0.3, 0.4) is 0 Å². The molecule has 0 radical (unpaired) electrons. The van der Waals surface area contributed by atoms with Crippen LogP contribution in [0.1, 0.15) is 36.5 Å². The molecule has 0 saturated carbocycles. The molecule has 0 bridgehead atoms. The lowest BCUT2D eigenvalue weighted by Gasteiger charge is -2.06. The average molecular weight is 242 g/mol. The molecule has 0 aliphatic heterocycles. The van der Waals surface area contributed by atoms with E-state index in [1.165, 1.54) is 0 Å². The number of nitrogens with two attached hydrogens (primary N) is 1. The number of carbonyl (C=O) groups excluding carboxylic acids is 1. The molecule has 0 amide bonds. The Hall–Kier alpha value is -1.74. The van der Waals surface area contributed by atoms with Gasteiger partial charge in [-0.1, -0.05) is 18.2 Å². The number of hydrogen-bond donors (Lipinski definition) is 1. The van der Waals surface area contributed by atoms with Crippen LogP contribution in [0.5, 0.6) is 0 Å². The van der Waals surface area contributed by atoms with Crippen molar-refractivity contribution >= 4 is 16.7 Å². The molecule has 18 heavy (non-hydrogen) atoms. The maximum absolute atomic E-state index is 12.2. The number of fused-ring (bicyclic) bond motifs is 1. The fourth-order valence-electron chi connectivity index (χ4n) is 2.05. The summed E-state index contributed by atoms with van der Waals surface area (Å²) in [7, 11) is 0. The van der Waals surface area contributed by atoms with Crippen LogP contribution in [0.25, 0.3) is 10.9 Å². The zero-order valence-electron chi connectivity index (χ0n) is 10.6. The highest BCUT2D eigenvalue weighted by atomic mass is 16.1. The predicted octanol–water partition coefficient (Wildman–Crippen LogP) is 2.94. The van der Waals surface area contributed by atoms with Crippen LogP contribution in [0, 0.1) is 0 Å². The number of benzene rings is 1. The van der Waals surface area contributed by atoms with E-state index in [9.17, 15) is 4.79 Å². The Morgan fingerprint density at radius 1 is 1.33 bits per heavy atom. The maximum Gasteiger partial charge on any atom is 0.165 e. The molecule has 0 fully saturated rings. The number of pyridine rings is 1. The largest absolute Gasteiger partial charge is 0.328 e. The molecule has 0 aliphatic rings. The van der Waals surface area contributed by atoms with Gasteiger partial charge in [0.1, 0.15) is 0 Å². The molecule has 2 N–H and O–H groups in total. The fourth-order valence-corrected chi connectivity index (χ4v) is 2.05. The van der Waals surface area contributed by atoms with E-state index in [0.717, 1.165) is 29.3 Å². The minimum absolute atomic E-state index is 0.153. The lowest BCUT2D eigenvalue weighted by atomic mass is 10.0. The first-order valence-corrected chi connectivity index (χ1v) is 6.31. The number of nitrogens with zero attached hydrogens (tertiary/aromatic N) is 1. The summed E-state index contributed by atoms with van der Waals surface area (Å²) < 4.78 is 0. The smallest absolute Gasteiger partial charge is 0.165 e. The molecule has 2 rings (SSSR count). The van der Waals surface area contributed by atoms with E-state index in [0.29, 0.717) is 6.42 Å². The van der Waals surface area contributed by atoms with Gasteiger partial charge >= 0.3 is 0 Å². The van der Waals surface area contributed by atoms with Crippen LogP contribution in [-0.2, 0) is 0 Å². The number of para-hydroxylation sites is 1. The summed E-state index contributed by atoms with van der Waals surface area (Å²) in [5.74, 6) is 0.153. The Bertz CT molecular complexity index is 544. The molecule has 1 heterocycles. The van der Waals surface area contributed by atoms with Crippen molar-refractivity contribution in [2.45, 2.75) is 32.2 Å². The van der Waals surface area contributed by atoms with Crippen molar-refractivity contribution in [2.24, 2.45) is 5.73 Å². The number of ketones is 1. The number of aromatic nitrogens is 1. The molecule has 0 spiro atoms. The molecule has 2 aromatic rings. The Morgan fingerprint density at radius 2 is 2.11 bits per heavy atom. The van der Waals surface area contributed by atoms with E-state index in [4.69, 9.17) is 5.73 Å². The third kappa shape index (κ3) is 2.93. The van der Waals surface area contributed by atoms with Crippen LogP contribution in [0.4, 0.5) is 0 Å². The van der Waals surface area contributed by atoms with Crippen molar-refractivity contribution in [3.05, 3.63) is 42.1 Å². The highest BCUT2D eigenvalue weighted by Crippen LogP contribution is 2.18. The van der Waals surface area contributed by atoms with Gasteiger partial charge in [-0.3, -0.25) is 9.78 Å². The molecule has 1 unspecified atom stereocenters. The van der Waals surface area contributed by atoms with Crippen molar-refractivity contribution in [1.29, 1.82) is 0 Å². The van der Waals surface area contributed by atoms with E-state index in [1.807, 2.05) is 37.3 Å². The Kier molecular flexibility index (Phi) is 4.05. The number of Topliss-reactive ketones (excluding diaryl/α,β-unsaturated/α-hetero) is 1. The van der Waals surface area contributed by atoms with Gasteiger partial charge in [-0.2, -0.15) is 0 Å². The lowest BCUT2D eigenvalue weighted by molar-refractivity contribution is 0.0980. The second kappa shape index (κ2) is 5.74. The average Bonchev–Trinajstić information content (AvgIpc) is 2.37. The second-order valence-corrected chi connectivity index (χ2v) is 4.67. The Balaban J connectivity index is 2.17. The number of hydrogen-bond acceptors (Lipinski definition) is 3. The highest BCUT2D eigenvalue weighted by molar-refractivity contribution is 6.06. The third-order valence-corrected chi connectivity index (χ3v) is 3.00. The molecule has 94 valence electrons. The van der Waals surface area contributed by atoms with Crippen molar-refractivity contribution in [3.63, 3.8) is 0 Å². The molecule has 3 nitrogen and oxygen atoms in total. The summed E-state index contributed by atoms with van der Waals surface area (Å²) in [5, 5.41) is 1.01. The van der Waals surface area contributed by atoms with Gasteiger partial charge in [0.15, 0.2) is 5.78 Å². The molecule has 3 heteroatoms. The van der Waals surface area contributed by atoms with Gasteiger partial charge in [-0.05, 0) is 31.9 Å². The highest BCUT2D eigenvalue weighted by Gasteiger charge is 2.10. The summed E-state index contributed by atoms with van der Waals surface area (Å²) in [5.41, 5.74) is 7.20. The summed E-state index contributed by atoms with van der Waals surface area (Å²) >= 11 is 0. The van der Waals surface area contributed by atoms with Crippen LogP contribution in [0.15, 0.2) is 36.5 Å². The SMILES string of the molecule is CC(N)CCCC(=O)c1cccc2cccnc12. The van der Waals surface area contributed by atoms with Gasteiger partial charge in [0.05, 0.1) is 5.52 Å². The van der Waals surface area contributed by atoms with Crippen molar-refractivity contribution in [3.8, 4) is 0 Å². The Labute approximate surface area is 107 Å². The van der Waals surface area contributed by atoms with Gasteiger partial charge in [0, 0.05) is 29.6 Å². The number of carbonyl (C=O) groups is 1. The topological polar surface area (TPSA) is 56.0 Å². The van der Waals surface area contributed by atoms with Gasteiger partial charge in [-0.15, -0.1) is 0 Å². The van der Waals surface area contributed by atoms with Crippen molar-refractivity contribution in [1.82, 2.24) is 4.98 Å². The normalized spacial score (nSPS) is 12.6. The standard InChI is InChI=1S/C15H18N2O/c1-11(16)5-2-9-14(18)13-8-3-6-12-7-4-10-17-15(12)13/h3-4,6-8,10-11H,2,5,9,16H2,1H3. The lowest BCUT2D eigenvalue weighted by Crippen LogP contribution is -2.14. The first-order chi connectivity index (χ1) is 8.68. The van der Waals surface area contributed by atoms with E-state index in [1.54, 1.807) is 6.20 Å². The van der Waals surface area contributed by atoms with Gasteiger partial charge in [0.2, 0.25) is 0 Å². The molecule has 1 atom stereocenters. The quantitative estimate of drug-likeness (QED) is 0.820. The van der Waals surface area contributed by atoms with Crippen LogP contribution >= 0.6 is 0 Å². The first-order valence-electron chi connectivity index (χ1n) is 6.31. The Morgan fingerprint density at radius 3 is 2.89 bits per heavy atom. The van der Waals surface area contributed by atoms with E-state index in [-0.39, 0.29) is 11.8 Å². The zero-order valence-corrected chi connectivity index (χ0v) is 10.6. The molecular formula is C15H18N2O. The monoisotopic (exact) mass is 242 g/mol. The molecule has 0 saturated heterocycles. The van der Waals surface area contributed by atoms with E-state index < -0.39 is 0 Å². The van der Waals surface area contributed by atoms with E-state index in [2.05, 4.69) is 4.98 Å². The van der Waals surface area contributed by atoms with Crippen molar-refractivity contribution in [2.75, 3.05) is 0 Å². The summed E-state index contributed by atoms with van der Waals surface area (Å²) in [6, 6.07) is 9.74. The molecular weight excluding hydrogens is 224 g/mol. The summed E-state index contributed by atoms with van der Waals surface area (Å²) in [4.78, 5) is 16.5. The van der Waals surface area contributed by atoms with Gasteiger partial charge < -0.3 is 5.73 Å². The molecule has 1 aromatic heterocycles. The minimum atomic E-state index is 0.153. The van der Waals surface area contributed by atoms with Crippen LogP contribution < -0.4 is 5.73 Å². The second-order valence-electron chi connectivity index (χ2n) is 4.67. The molecule has 0 aliphatic carbocycles. The first kappa shape index (κ1) is 12.7. The minimum Gasteiger partial charge on any atom is -0.328 e. The van der Waals surface area contributed by atoms with Gasteiger partial charge in [-0.25, -0.2) is 0 Å². The maximum atomic E-state index is 12.2. The molecule has 1 aromatic carbocycles. The third-order valence-electron chi connectivity index (χ3n) is 3.00. The van der Waals surface area contributed by atoms with E-state index >= 15 is 0 Å². The van der Waals surface area contributed by atoms with Crippen LogP contribution in [0.2, 0.25) is 0 Å². The van der Waals surface area contributed by atoms with Crippen molar-refractivity contribution < 1.29 is 4.79 Å². The summed E-state index contributed by atoms with van der Waals surface area (Å²) in [6.07, 6.45) is 3.97. The zero-order chi connectivity index (χ0) is 13.0.